The van der Waals surface area contributed by atoms with Gasteiger partial charge in [0.1, 0.15) is 0 Å². The lowest BCUT2D eigenvalue weighted by Gasteiger charge is -2.29. The van der Waals surface area contributed by atoms with Crippen LogP contribution in [0.15, 0.2) is 18.2 Å². The van der Waals surface area contributed by atoms with Crippen molar-refractivity contribution in [1.29, 1.82) is 0 Å². The van der Waals surface area contributed by atoms with Crippen LogP contribution in [0.4, 0.5) is 11.4 Å². The van der Waals surface area contributed by atoms with Gasteiger partial charge in [-0.25, -0.2) is 0 Å². The summed E-state index contributed by atoms with van der Waals surface area (Å²) in [6.45, 7) is 3.50. The third-order valence-corrected chi connectivity index (χ3v) is 5.18. The molecule has 2 aliphatic heterocycles. The number of benzene rings is 1. The van der Waals surface area contributed by atoms with E-state index < -0.39 is 10.7 Å². The summed E-state index contributed by atoms with van der Waals surface area (Å²) in [4.78, 5) is 27.9. The number of alkyl halides is 2. The maximum atomic E-state index is 13.1. The second-order valence-electron chi connectivity index (χ2n) is 6.57. The number of halogens is 2. The van der Waals surface area contributed by atoms with E-state index >= 15 is 0 Å². The Bertz CT molecular complexity index is 639. The SMILES string of the molecule is O=C(Nc1ccc(N2CCCC2)c(C(=O)N2CCCCC2)c1)C(Cl)Cl. The van der Waals surface area contributed by atoms with Gasteiger partial charge in [0.25, 0.3) is 11.8 Å². The average molecular weight is 384 g/mol. The zero-order valence-electron chi connectivity index (χ0n) is 14.1. The summed E-state index contributed by atoms with van der Waals surface area (Å²) < 4.78 is 0. The topological polar surface area (TPSA) is 52.7 Å². The minimum absolute atomic E-state index is 0.0333. The summed E-state index contributed by atoms with van der Waals surface area (Å²) in [6, 6.07) is 5.46. The zero-order valence-corrected chi connectivity index (χ0v) is 15.7. The summed E-state index contributed by atoms with van der Waals surface area (Å²) >= 11 is 11.2. The molecule has 0 unspecified atom stereocenters. The highest BCUT2D eigenvalue weighted by molar-refractivity contribution is 6.54. The van der Waals surface area contributed by atoms with Gasteiger partial charge < -0.3 is 15.1 Å². The van der Waals surface area contributed by atoms with E-state index in [9.17, 15) is 9.59 Å². The predicted octanol–water partition coefficient (Wildman–Crippen LogP) is 3.66. The summed E-state index contributed by atoms with van der Waals surface area (Å²) in [7, 11) is 0. The molecule has 0 aliphatic carbocycles. The van der Waals surface area contributed by atoms with Gasteiger partial charge in [-0.15, -0.1) is 0 Å². The molecule has 2 amide bonds. The van der Waals surface area contributed by atoms with Crippen molar-refractivity contribution in [2.75, 3.05) is 36.4 Å². The van der Waals surface area contributed by atoms with Crippen molar-refractivity contribution in [3.8, 4) is 0 Å². The number of rotatable bonds is 4. The lowest BCUT2D eigenvalue weighted by molar-refractivity contribution is -0.114. The molecule has 1 N–H and O–H groups in total. The molecule has 0 radical (unpaired) electrons. The molecule has 1 aromatic carbocycles. The number of amides is 2. The Morgan fingerprint density at radius 1 is 0.960 bits per heavy atom. The van der Waals surface area contributed by atoms with Crippen molar-refractivity contribution in [2.45, 2.75) is 36.9 Å². The number of hydrogen-bond acceptors (Lipinski definition) is 3. The van der Waals surface area contributed by atoms with Crippen LogP contribution >= 0.6 is 23.2 Å². The highest BCUT2D eigenvalue weighted by atomic mass is 35.5. The number of carbonyl (C=O) groups excluding carboxylic acids is 2. The fraction of sp³-hybridized carbons (Fsp3) is 0.556. The highest BCUT2D eigenvalue weighted by Crippen LogP contribution is 2.29. The van der Waals surface area contributed by atoms with Crippen molar-refractivity contribution < 1.29 is 9.59 Å². The van der Waals surface area contributed by atoms with Crippen molar-refractivity contribution in [1.82, 2.24) is 4.90 Å². The van der Waals surface area contributed by atoms with Gasteiger partial charge in [0.2, 0.25) is 0 Å². The lowest BCUT2D eigenvalue weighted by atomic mass is 10.1. The first-order valence-corrected chi connectivity index (χ1v) is 9.71. The van der Waals surface area contributed by atoms with Crippen LogP contribution in [0.1, 0.15) is 42.5 Å². The highest BCUT2D eigenvalue weighted by Gasteiger charge is 2.25. The number of nitrogens with one attached hydrogen (secondary N) is 1. The molecule has 0 bridgehead atoms. The predicted molar refractivity (Wildman–Crippen MR) is 102 cm³/mol. The van der Waals surface area contributed by atoms with E-state index in [0.717, 1.165) is 57.5 Å². The Labute approximate surface area is 158 Å². The van der Waals surface area contributed by atoms with Gasteiger partial charge in [-0.05, 0) is 50.3 Å². The van der Waals surface area contributed by atoms with E-state index in [4.69, 9.17) is 23.2 Å². The Morgan fingerprint density at radius 2 is 1.60 bits per heavy atom. The Kier molecular flexibility index (Phi) is 6.07. The van der Waals surface area contributed by atoms with Crippen molar-refractivity contribution >= 4 is 46.4 Å². The number of nitrogens with zero attached hydrogens (tertiary/aromatic N) is 2. The molecule has 2 fully saturated rings. The average Bonchev–Trinajstić information content (AvgIpc) is 3.16. The smallest absolute Gasteiger partial charge is 0.257 e. The second kappa shape index (κ2) is 8.28. The van der Waals surface area contributed by atoms with Crippen LogP contribution in [0, 0.1) is 0 Å². The molecule has 2 aliphatic rings. The van der Waals surface area contributed by atoms with Crippen molar-refractivity contribution in [3.05, 3.63) is 23.8 Å². The molecule has 25 heavy (non-hydrogen) atoms. The summed E-state index contributed by atoms with van der Waals surface area (Å²) in [5.74, 6) is -0.459. The minimum Gasteiger partial charge on any atom is -0.371 e. The van der Waals surface area contributed by atoms with E-state index in [1.54, 1.807) is 12.1 Å². The first-order valence-electron chi connectivity index (χ1n) is 8.83. The van der Waals surface area contributed by atoms with Gasteiger partial charge >= 0.3 is 0 Å². The fourth-order valence-electron chi connectivity index (χ4n) is 3.48. The normalized spacial score (nSPS) is 17.9. The van der Waals surface area contributed by atoms with E-state index in [0.29, 0.717) is 11.3 Å². The monoisotopic (exact) mass is 383 g/mol. The van der Waals surface area contributed by atoms with E-state index in [-0.39, 0.29) is 5.91 Å². The molecule has 5 nitrogen and oxygen atoms in total. The summed E-state index contributed by atoms with van der Waals surface area (Å²) in [5.41, 5.74) is 2.13. The van der Waals surface area contributed by atoms with Crippen LogP contribution in [0.25, 0.3) is 0 Å². The first-order chi connectivity index (χ1) is 12.1. The Hall–Kier alpha value is -1.46. The standard InChI is InChI=1S/C18H23Cl2N3O2/c19-16(20)17(24)21-13-6-7-15(22-8-4-5-9-22)14(12-13)18(25)23-10-2-1-3-11-23/h6-7,12,16H,1-5,8-11H2,(H,21,24). The van der Waals surface area contributed by atoms with E-state index in [1.807, 2.05) is 11.0 Å². The molecule has 0 aromatic heterocycles. The molecule has 3 rings (SSSR count). The molecule has 7 heteroatoms. The van der Waals surface area contributed by atoms with Crippen LogP contribution in [0.3, 0.4) is 0 Å². The zero-order chi connectivity index (χ0) is 17.8. The Morgan fingerprint density at radius 3 is 2.24 bits per heavy atom. The molecular weight excluding hydrogens is 361 g/mol. The first kappa shape index (κ1) is 18.3. The van der Waals surface area contributed by atoms with Crippen LogP contribution in [-0.2, 0) is 4.79 Å². The number of hydrogen-bond donors (Lipinski definition) is 1. The van der Waals surface area contributed by atoms with Crippen LogP contribution in [0.2, 0.25) is 0 Å². The van der Waals surface area contributed by atoms with Gasteiger partial charge in [-0.3, -0.25) is 9.59 Å². The molecular formula is C18H23Cl2N3O2. The van der Waals surface area contributed by atoms with Crippen molar-refractivity contribution in [2.24, 2.45) is 0 Å². The van der Waals surface area contributed by atoms with Gasteiger partial charge in [0.05, 0.1) is 5.56 Å². The van der Waals surface area contributed by atoms with Crippen molar-refractivity contribution in [3.63, 3.8) is 0 Å². The molecule has 2 saturated heterocycles. The maximum absolute atomic E-state index is 13.1. The van der Waals surface area contributed by atoms with Crippen LogP contribution in [0.5, 0.6) is 0 Å². The van der Waals surface area contributed by atoms with Crippen LogP contribution in [-0.4, -0.2) is 47.7 Å². The third kappa shape index (κ3) is 4.39. The second-order valence-corrected chi connectivity index (χ2v) is 7.67. The van der Waals surface area contributed by atoms with Gasteiger partial charge in [-0.2, -0.15) is 0 Å². The maximum Gasteiger partial charge on any atom is 0.257 e. The number of piperidine rings is 1. The quantitative estimate of drug-likeness (QED) is 0.807. The third-order valence-electron chi connectivity index (χ3n) is 4.78. The number of anilines is 2. The van der Waals surface area contributed by atoms with Gasteiger partial charge in [0.15, 0.2) is 4.84 Å². The number of likely N-dealkylation sites (tertiary alicyclic amines) is 1. The van der Waals surface area contributed by atoms with Crippen LogP contribution < -0.4 is 10.2 Å². The lowest BCUT2D eigenvalue weighted by Crippen LogP contribution is -2.36. The minimum atomic E-state index is -1.14. The van der Waals surface area contributed by atoms with Gasteiger partial charge in [0, 0.05) is 37.6 Å². The molecule has 0 spiro atoms. The Balaban J connectivity index is 1.89. The molecule has 1 aromatic rings. The molecule has 0 atom stereocenters. The molecule has 136 valence electrons. The summed E-state index contributed by atoms with van der Waals surface area (Å²) in [5, 5.41) is 2.67. The molecule has 2 heterocycles. The number of carbonyl (C=O) groups is 2. The van der Waals surface area contributed by atoms with Gasteiger partial charge in [-0.1, -0.05) is 23.2 Å². The van der Waals surface area contributed by atoms with E-state index in [2.05, 4.69) is 10.2 Å². The van der Waals surface area contributed by atoms with E-state index in [1.165, 1.54) is 6.42 Å². The largest absolute Gasteiger partial charge is 0.371 e. The fourth-order valence-corrected chi connectivity index (χ4v) is 3.59. The molecule has 0 saturated carbocycles. The summed E-state index contributed by atoms with van der Waals surface area (Å²) in [6.07, 6.45) is 5.53.